The number of rotatable bonds is 2. The second-order valence-electron chi connectivity index (χ2n) is 7.11. The lowest BCUT2D eigenvalue weighted by molar-refractivity contribution is -0.0513. The smallest absolute Gasteiger partial charge is 0.252 e. The second-order valence-corrected chi connectivity index (χ2v) is 7.11. The summed E-state index contributed by atoms with van der Waals surface area (Å²) >= 11 is 0. The van der Waals surface area contributed by atoms with Crippen LogP contribution in [0.3, 0.4) is 0 Å². The molecule has 0 N–H and O–H groups in total. The lowest BCUT2D eigenvalue weighted by Crippen LogP contribution is -2.48. The summed E-state index contributed by atoms with van der Waals surface area (Å²) in [5.74, 6) is 3.69. The Hall–Kier alpha value is -3.34. The fourth-order valence-corrected chi connectivity index (χ4v) is 4.13. The molecule has 3 unspecified atom stereocenters. The average molecular weight is 374 g/mol. The van der Waals surface area contributed by atoms with Crippen molar-refractivity contribution in [3.05, 3.63) is 78.4 Å². The number of benzene rings is 3. The molecule has 0 saturated carbocycles. The third kappa shape index (κ3) is 2.39. The molecule has 3 aromatic carbocycles. The summed E-state index contributed by atoms with van der Waals surface area (Å²) < 4.78 is 30.8. The fourth-order valence-electron chi connectivity index (χ4n) is 4.13. The van der Waals surface area contributed by atoms with Crippen molar-refractivity contribution in [3.63, 3.8) is 0 Å². The van der Waals surface area contributed by atoms with Crippen molar-refractivity contribution < 1.29 is 23.7 Å². The van der Waals surface area contributed by atoms with Gasteiger partial charge in [-0.1, -0.05) is 42.5 Å². The molecule has 28 heavy (non-hydrogen) atoms. The maximum Gasteiger partial charge on any atom is 0.252 e. The molecule has 0 fully saturated rings. The molecule has 0 radical (unpaired) electrons. The molecule has 6 rings (SSSR count). The van der Waals surface area contributed by atoms with Gasteiger partial charge in [0.25, 0.3) is 6.29 Å². The van der Waals surface area contributed by atoms with E-state index in [0.29, 0.717) is 6.61 Å². The Kier molecular flexibility index (Phi) is 3.41. The van der Waals surface area contributed by atoms with Gasteiger partial charge in [0.15, 0.2) is 35.2 Å². The van der Waals surface area contributed by atoms with Crippen LogP contribution in [-0.4, -0.2) is 25.1 Å². The largest absolute Gasteiger partial charge is 0.486 e. The molecule has 3 atom stereocenters. The third-order valence-corrected chi connectivity index (χ3v) is 5.42. The zero-order valence-corrected chi connectivity index (χ0v) is 15.0. The molecule has 0 bridgehead atoms. The lowest BCUT2D eigenvalue weighted by atomic mass is 9.91. The highest BCUT2D eigenvalue weighted by atomic mass is 16.7. The van der Waals surface area contributed by atoms with E-state index in [2.05, 4.69) is 6.07 Å². The quantitative estimate of drug-likeness (QED) is 0.674. The zero-order chi connectivity index (χ0) is 18.5. The van der Waals surface area contributed by atoms with Crippen molar-refractivity contribution in [2.75, 3.05) is 6.61 Å². The number of ether oxygens (including phenoxy) is 5. The van der Waals surface area contributed by atoms with Gasteiger partial charge in [-0.2, -0.15) is 0 Å². The van der Waals surface area contributed by atoms with Gasteiger partial charge in [0.1, 0.15) is 18.3 Å². The molecule has 0 aromatic heterocycles. The standard InChI is InChI=1S/C23H18O5/c1-2-8-15-14(7-1)21(23-27-18-11-5-6-12-19(18)28-23)22(26-15)20-13-24-16-9-3-4-10-17(16)25-20/h1-12,20-23H,13H2. The molecule has 3 aliphatic heterocycles. The van der Waals surface area contributed by atoms with E-state index in [0.717, 1.165) is 34.3 Å². The van der Waals surface area contributed by atoms with E-state index in [4.69, 9.17) is 23.7 Å². The van der Waals surface area contributed by atoms with Crippen molar-refractivity contribution in [1.29, 1.82) is 0 Å². The SMILES string of the molecule is c1ccc2c(c1)OCC(C1Oc3ccccc3C1C1Oc3ccccc3O1)O2. The highest BCUT2D eigenvalue weighted by Crippen LogP contribution is 2.48. The van der Waals surface area contributed by atoms with Gasteiger partial charge in [-0.25, -0.2) is 0 Å². The van der Waals surface area contributed by atoms with E-state index in [-0.39, 0.29) is 18.1 Å². The summed E-state index contributed by atoms with van der Waals surface area (Å²) in [5, 5.41) is 0. The van der Waals surface area contributed by atoms with E-state index >= 15 is 0 Å². The van der Waals surface area contributed by atoms with Gasteiger partial charge in [-0.3, -0.25) is 0 Å². The van der Waals surface area contributed by atoms with Gasteiger partial charge >= 0.3 is 0 Å². The van der Waals surface area contributed by atoms with Gasteiger partial charge in [0.2, 0.25) is 0 Å². The van der Waals surface area contributed by atoms with E-state index in [1.165, 1.54) is 0 Å². The van der Waals surface area contributed by atoms with Gasteiger partial charge in [-0.15, -0.1) is 0 Å². The first-order chi connectivity index (χ1) is 13.9. The number of hydrogen-bond acceptors (Lipinski definition) is 5. The minimum atomic E-state index is -0.480. The van der Waals surface area contributed by atoms with Crippen LogP contribution in [0.2, 0.25) is 0 Å². The average Bonchev–Trinajstić information content (AvgIpc) is 3.34. The van der Waals surface area contributed by atoms with Crippen LogP contribution in [0.15, 0.2) is 72.8 Å². The first-order valence-electron chi connectivity index (χ1n) is 9.43. The molecule has 3 aliphatic rings. The molecule has 0 spiro atoms. The van der Waals surface area contributed by atoms with Gasteiger partial charge in [0, 0.05) is 5.56 Å². The van der Waals surface area contributed by atoms with Crippen LogP contribution >= 0.6 is 0 Å². The molecule has 140 valence electrons. The Bertz CT molecular complexity index is 1010. The molecule has 3 aromatic rings. The van der Waals surface area contributed by atoms with Crippen molar-refractivity contribution in [2.24, 2.45) is 0 Å². The van der Waals surface area contributed by atoms with Crippen LogP contribution < -0.4 is 23.7 Å². The summed E-state index contributed by atoms with van der Waals surface area (Å²) in [5.41, 5.74) is 1.06. The number of fused-ring (bicyclic) bond motifs is 3. The highest BCUT2D eigenvalue weighted by Gasteiger charge is 2.50. The van der Waals surface area contributed by atoms with Gasteiger partial charge < -0.3 is 23.7 Å². The minimum Gasteiger partial charge on any atom is -0.486 e. The van der Waals surface area contributed by atoms with E-state index in [1.54, 1.807) is 0 Å². The van der Waals surface area contributed by atoms with Gasteiger partial charge in [0.05, 0.1) is 0 Å². The Morgan fingerprint density at radius 2 is 1.14 bits per heavy atom. The van der Waals surface area contributed by atoms with E-state index < -0.39 is 6.29 Å². The Balaban J connectivity index is 1.34. The minimum absolute atomic E-state index is 0.137. The zero-order valence-electron chi connectivity index (χ0n) is 15.0. The monoisotopic (exact) mass is 374 g/mol. The van der Waals surface area contributed by atoms with E-state index in [9.17, 15) is 0 Å². The van der Waals surface area contributed by atoms with Crippen LogP contribution in [-0.2, 0) is 0 Å². The first kappa shape index (κ1) is 15.7. The van der Waals surface area contributed by atoms with Crippen LogP contribution in [0.4, 0.5) is 0 Å². The van der Waals surface area contributed by atoms with Crippen molar-refractivity contribution >= 4 is 0 Å². The molecule has 3 heterocycles. The maximum absolute atomic E-state index is 6.32. The first-order valence-corrected chi connectivity index (χ1v) is 9.43. The fraction of sp³-hybridized carbons (Fsp3) is 0.217. The third-order valence-electron chi connectivity index (χ3n) is 5.42. The Morgan fingerprint density at radius 1 is 0.571 bits per heavy atom. The second kappa shape index (κ2) is 6.09. The van der Waals surface area contributed by atoms with Gasteiger partial charge in [-0.05, 0) is 30.3 Å². The van der Waals surface area contributed by atoms with Crippen molar-refractivity contribution in [2.45, 2.75) is 24.4 Å². The summed E-state index contributed by atoms with van der Waals surface area (Å²) in [6, 6.07) is 23.4. The summed E-state index contributed by atoms with van der Waals surface area (Å²) in [7, 11) is 0. The van der Waals surface area contributed by atoms with Crippen LogP contribution in [0.5, 0.6) is 28.7 Å². The summed E-state index contributed by atoms with van der Waals surface area (Å²) in [6.45, 7) is 0.409. The van der Waals surface area contributed by atoms with Crippen molar-refractivity contribution in [1.82, 2.24) is 0 Å². The molecular weight excluding hydrogens is 356 g/mol. The predicted octanol–water partition coefficient (Wildman–Crippen LogP) is 4.17. The predicted molar refractivity (Wildman–Crippen MR) is 101 cm³/mol. The number of hydrogen-bond donors (Lipinski definition) is 0. The number of para-hydroxylation sites is 5. The Morgan fingerprint density at radius 3 is 1.86 bits per heavy atom. The summed E-state index contributed by atoms with van der Waals surface area (Å²) in [6.07, 6.45) is -1.04. The maximum atomic E-state index is 6.32. The lowest BCUT2D eigenvalue weighted by Gasteiger charge is -2.33. The van der Waals surface area contributed by atoms with Crippen LogP contribution in [0.25, 0.3) is 0 Å². The molecule has 0 amide bonds. The van der Waals surface area contributed by atoms with Crippen molar-refractivity contribution in [3.8, 4) is 28.7 Å². The Labute approximate surface area is 162 Å². The van der Waals surface area contributed by atoms with Crippen LogP contribution in [0.1, 0.15) is 11.5 Å². The molecular formula is C23H18O5. The highest BCUT2D eigenvalue weighted by molar-refractivity contribution is 5.47. The topological polar surface area (TPSA) is 46.2 Å². The summed E-state index contributed by atoms with van der Waals surface area (Å²) in [4.78, 5) is 0. The normalized spacial score (nSPS) is 24.5. The van der Waals surface area contributed by atoms with E-state index in [1.807, 2.05) is 66.7 Å². The molecule has 5 heteroatoms. The molecule has 5 nitrogen and oxygen atoms in total. The molecule has 0 aliphatic carbocycles. The van der Waals surface area contributed by atoms with Crippen LogP contribution in [0, 0.1) is 0 Å². The molecule has 0 saturated heterocycles.